The van der Waals surface area contributed by atoms with Crippen molar-refractivity contribution in [3.63, 3.8) is 0 Å². The van der Waals surface area contributed by atoms with E-state index in [-0.39, 0.29) is 4.90 Å². The highest BCUT2D eigenvalue weighted by molar-refractivity contribution is 7.92. The second-order valence-corrected chi connectivity index (χ2v) is 12.1. The molecule has 1 aromatic heterocycles. The number of hydrogen-bond donors (Lipinski definition) is 1. The molecule has 174 valence electrons. The molecule has 1 aromatic carbocycles. The van der Waals surface area contributed by atoms with E-state index in [1.54, 1.807) is 44.3 Å². The Hall–Kier alpha value is -1.70. The zero-order chi connectivity index (χ0) is 22.7. The summed E-state index contributed by atoms with van der Waals surface area (Å²) in [5.74, 6) is 1.56. The molecule has 0 atom stereocenters. The van der Waals surface area contributed by atoms with Crippen LogP contribution in [0.2, 0.25) is 5.02 Å². The number of piperidine rings is 1. The summed E-state index contributed by atoms with van der Waals surface area (Å²) < 4.78 is 25.6. The van der Waals surface area contributed by atoms with Crippen LogP contribution in [0.3, 0.4) is 0 Å². The Labute approximate surface area is 196 Å². The van der Waals surface area contributed by atoms with Crippen LogP contribution in [0.1, 0.15) is 70.5 Å². The van der Waals surface area contributed by atoms with Gasteiger partial charge in [0.2, 0.25) is 0 Å². The Balaban J connectivity index is 1.50. The zero-order valence-electron chi connectivity index (χ0n) is 18.9. The summed E-state index contributed by atoms with van der Waals surface area (Å²) in [6.07, 6.45) is 10.1. The van der Waals surface area contributed by atoms with Gasteiger partial charge in [-0.05, 0) is 77.6 Å². The molecule has 0 radical (unpaired) electrons. The average molecular weight is 477 g/mol. The van der Waals surface area contributed by atoms with E-state index in [0.29, 0.717) is 28.5 Å². The molecule has 32 heavy (non-hydrogen) atoms. The highest BCUT2D eigenvalue weighted by Crippen LogP contribution is 2.36. The lowest BCUT2D eigenvalue weighted by molar-refractivity contribution is 0.124. The van der Waals surface area contributed by atoms with Gasteiger partial charge in [-0.1, -0.05) is 30.2 Å². The Morgan fingerprint density at radius 3 is 2.44 bits per heavy atom. The summed E-state index contributed by atoms with van der Waals surface area (Å²) in [5.41, 5.74) is 0.488. The molecule has 1 aliphatic heterocycles. The maximum atomic E-state index is 12.8. The van der Waals surface area contributed by atoms with Crippen molar-refractivity contribution in [3.8, 4) is 0 Å². The number of rotatable bonds is 6. The van der Waals surface area contributed by atoms with Crippen molar-refractivity contribution < 1.29 is 8.42 Å². The first-order valence-corrected chi connectivity index (χ1v) is 13.6. The van der Waals surface area contributed by atoms with Gasteiger partial charge in [0.25, 0.3) is 0 Å². The van der Waals surface area contributed by atoms with Crippen molar-refractivity contribution in [2.75, 3.05) is 18.4 Å². The molecule has 0 bridgehead atoms. The first-order chi connectivity index (χ1) is 15.4. The molecule has 0 spiro atoms. The molecule has 2 aromatic rings. The van der Waals surface area contributed by atoms with Gasteiger partial charge in [-0.3, -0.25) is 0 Å². The molecule has 1 aliphatic carbocycles. The van der Waals surface area contributed by atoms with Gasteiger partial charge in [0, 0.05) is 12.0 Å². The summed E-state index contributed by atoms with van der Waals surface area (Å²) in [6.45, 7) is 5.84. The fourth-order valence-electron chi connectivity index (χ4n) is 4.85. The van der Waals surface area contributed by atoms with E-state index in [4.69, 9.17) is 16.6 Å². The first kappa shape index (κ1) is 23.5. The van der Waals surface area contributed by atoms with Gasteiger partial charge in [0.15, 0.2) is 15.7 Å². The van der Waals surface area contributed by atoms with Crippen LogP contribution in [0.4, 0.5) is 11.5 Å². The van der Waals surface area contributed by atoms with E-state index in [1.165, 1.54) is 45.2 Å². The summed E-state index contributed by atoms with van der Waals surface area (Å²) in [6, 6.07) is 7.59. The second kappa shape index (κ2) is 10.1. The highest BCUT2D eigenvalue weighted by atomic mass is 35.5. The average Bonchev–Trinajstić information content (AvgIpc) is 2.81. The van der Waals surface area contributed by atoms with Crippen LogP contribution >= 0.6 is 11.6 Å². The van der Waals surface area contributed by atoms with Crippen LogP contribution in [0, 0.1) is 0 Å². The van der Waals surface area contributed by atoms with E-state index in [9.17, 15) is 8.42 Å². The molecule has 2 aliphatic rings. The number of anilines is 2. The number of hydrogen-bond acceptors (Lipinski definition) is 6. The normalized spacial score (nSPS) is 22.8. The number of halogens is 1. The predicted octanol–water partition coefficient (Wildman–Crippen LogP) is 5.57. The lowest BCUT2D eigenvalue weighted by atomic mass is 9.84. The zero-order valence-corrected chi connectivity index (χ0v) is 20.5. The van der Waals surface area contributed by atoms with Crippen molar-refractivity contribution in [1.82, 2.24) is 14.9 Å². The van der Waals surface area contributed by atoms with E-state index >= 15 is 0 Å². The van der Waals surface area contributed by atoms with Gasteiger partial charge in [-0.25, -0.2) is 18.4 Å². The third-order valence-corrected chi connectivity index (χ3v) is 9.29. The van der Waals surface area contributed by atoms with Crippen LogP contribution in [-0.4, -0.2) is 47.7 Å². The molecule has 0 amide bonds. The molecule has 6 nitrogen and oxygen atoms in total. The van der Waals surface area contributed by atoms with Gasteiger partial charge in [-0.15, -0.1) is 0 Å². The molecule has 1 N–H and O–H groups in total. The topological polar surface area (TPSA) is 75.2 Å². The first-order valence-electron chi connectivity index (χ1n) is 11.7. The lowest BCUT2D eigenvalue weighted by Gasteiger charge is -2.38. The number of likely N-dealkylation sites (tertiary alicyclic amines) is 1. The largest absolute Gasteiger partial charge is 0.338 e. The van der Waals surface area contributed by atoms with E-state index in [2.05, 4.69) is 15.2 Å². The Bertz CT molecular complexity index is 1030. The second-order valence-electron chi connectivity index (χ2n) is 9.24. The van der Waals surface area contributed by atoms with Crippen molar-refractivity contribution in [1.29, 1.82) is 0 Å². The third kappa shape index (κ3) is 5.10. The predicted molar refractivity (Wildman–Crippen MR) is 130 cm³/mol. The third-order valence-electron chi connectivity index (χ3n) is 6.80. The Morgan fingerprint density at radius 2 is 1.75 bits per heavy atom. The monoisotopic (exact) mass is 476 g/mol. The fraction of sp³-hybridized carbons (Fsp3) is 0.583. The highest BCUT2D eigenvalue weighted by Gasteiger charge is 2.29. The van der Waals surface area contributed by atoms with E-state index in [1.807, 2.05) is 0 Å². The van der Waals surface area contributed by atoms with Crippen LogP contribution < -0.4 is 5.32 Å². The molecule has 8 heteroatoms. The minimum Gasteiger partial charge on any atom is -0.338 e. The van der Waals surface area contributed by atoms with Gasteiger partial charge in [-0.2, -0.15) is 0 Å². The van der Waals surface area contributed by atoms with Gasteiger partial charge < -0.3 is 10.2 Å². The van der Waals surface area contributed by atoms with Crippen LogP contribution in [0.25, 0.3) is 0 Å². The number of aromatic nitrogens is 2. The van der Waals surface area contributed by atoms with Crippen LogP contribution in [0.5, 0.6) is 0 Å². The number of sulfone groups is 1. The SMILES string of the molecule is CC(C)S(=O)(=O)c1ccccc1Nc1nc(C2CCC(N3CCCCC3)CC2)ncc1Cl. The standard InChI is InChI=1S/C24H33ClN4O2S/c1-17(2)32(30,31)22-9-5-4-8-21(22)27-24-20(25)16-26-23(28-24)18-10-12-19(13-11-18)29-14-6-3-7-15-29/h4-5,8-9,16-19H,3,6-7,10-15H2,1-2H3,(H,26,27,28). The molecule has 1 saturated carbocycles. The molecule has 4 rings (SSSR count). The summed E-state index contributed by atoms with van der Waals surface area (Å²) in [5, 5.41) is 3.04. The molecular weight excluding hydrogens is 444 g/mol. The molecule has 2 fully saturated rings. The number of nitrogens with one attached hydrogen (secondary N) is 1. The van der Waals surface area contributed by atoms with E-state index < -0.39 is 15.1 Å². The summed E-state index contributed by atoms with van der Waals surface area (Å²) in [7, 11) is -3.44. The number of nitrogens with zero attached hydrogens (tertiary/aromatic N) is 3. The summed E-state index contributed by atoms with van der Waals surface area (Å²) >= 11 is 6.40. The molecule has 2 heterocycles. The van der Waals surface area contributed by atoms with Gasteiger partial charge in [0.05, 0.1) is 22.0 Å². The van der Waals surface area contributed by atoms with Crippen molar-refractivity contribution in [2.45, 2.75) is 80.9 Å². The molecule has 1 saturated heterocycles. The van der Waals surface area contributed by atoms with Gasteiger partial charge >= 0.3 is 0 Å². The lowest BCUT2D eigenvalue weighted by Crippen LogP contribution is -2.41. The minimum absolute atomic E-state index is 0.258. The fourth-order valence-corrected chi connectivity index (χ4v) is 6.19. The minimum atomic E-state index is -3.44. The maximum absolute atomic E-state index is 12.8. The van der Waals surface area contributed by atoms with Crippen molar-refractivity contribution >= 4 is 32.9 Å². The van der Waals surface area contributed by atoms with E-state index in [0.717, 1.165) is 18.7 Å². The molecule has 0 unspecified atom stereocenters. The van der Waals surface area contributed by atoms with Crippen molar-refractivity contribution in [2.24, 2.45) is 0 Å². The number of benzene rings is 1. The summed E-state index contributed by atoms with van der Waals surface area (Å²) in [4.78, 5) is 12.2. The number of para-hydroxylation sites is 1. The van der Waals surface area contributed by atoms with Crippen LogP contribution in [0.15, 0.2) is 35.4 Å². The Morgan fingerprint density at radius 1 is 1.06 bits per heavy atom. The Kier molecular flexibility index (Phi) is 7.37. The smallest absolute Gasteiger partial charge is 0.182 e. The maximum Gasteiger partial charge on any atom is 0.182 e. The van der Waals surface area contributed by atoms with Crippen molar-refractivity contribution in [3.05, 3.63) is 41.3 Å². The molecular formula is C24H33ClN4O2S. The van der Waals surface area contributed by atoms with Gasteiger partial charge in [0.1, 0.15) is 10.8 Å². The quantitative estimate of drug-likeness (QED) is 0.587. The van der Waals surface area contributed by atoms with Crippen LogP contribution in [-0.2, 0) is 9.84 Å².